The van der Waals surface area contributed by atoms with Crippen LogP contribution >= 0.6 is 12.6 Å². The largest absolute Gasteiger partial charge is 0.344 e. The Morgan fingerprint density at radius 1 is 1.27 bits per heavy atom. The number of benzene rings is 1. The molecule has 30 heavy (non-hydrogen) atoms. The van der Waals surface area contributed by atoms with Gasteiger partial charge in [-0.15, -0.1) is 12.6 Å². The number of amides is 1. The van der Waals surface area contributed by atoms with Gasteiger partial charge in [0.15, 0.2) is 0 Å². The number of fused-ring (bicyclic) bond motifs is 1. The molecule has 3 aromatic rings. The zero-order chi connectivity index (χ0) is 21.7. The fraction of sp³-hybridized carbons (Fsp3) is 0.417. The SMILES string of the molecule is CC1CCNCC1.Cc1c(S)cc(C(=O)NC(C)c2cccc3ncccc23)n1C. The van der Waals surface area contributed by atoms with E-state index in [0.717, 1.165) is 33.0 Å². The molecule has 1 fully saturated rings. The van der Waals surface area contributed by atoms with Gasteiger partial charge in [0.2, 0.25) is 0 Å². The molecule has 5 nitrogen and oxygen atoms in total. The predicted molar refractivity (Wildman–Crippen MR) is 126 cm³/mol. The second kappa shape index (κ2) is 10.1. The number of thiol groups is 1. The number of rotatable bonds is 3. The minimum absolute atomic E-state index is 0.107. The lowest BCUT2D eigenvalue weighted by molar-refractivity contribution is 0.0931. The molecule has 4 rings (SSSR count). The minimum Gasteiger partial charge on any atom is -0.344 e. The highest BCUT2D eigenvalue weighted by molar-refractivity contribution is 7.80. The number of nitrogens with zero attached hydrogens (tertiary/aromatic N) is 2. The van der Waals surface area contributed by atoms with Crippen molar-refractivity contribution < 1.29 is 4.79 Å². The first kappa shape index (κ1) is 22.4. The second-order valence-corrected chi connectivity index (χ2v) is 8.59. The average Bonchev–Trinajstić information content (AvgIpc) is 3.01. The Labute approximate surface area is 184 Å². The zero-order valence-electron chi connectivity index (χ0n) is 18.3. The molecule has 1 aliphatic heterocycles. The molecule has 160 valence electrons. The van der Waals surface area contributed by atoms with Crippen molar-refractivity contribution in [2.24, 2.45) is 13.0 Å². The van der Waals surface area contributed by atoms with Crippen molar-refractivity contribution in [1.29, 1.82) is 0 Å². The van der Waals surface area contributed by atoms with Gasteiger partial charge in [0.1, 0.15) is 5.69 Å². The summed E-state index contributed by atoms with van der Waals surface area (Å²) in [6.45, 7) is 8.72. The van der Waals surface area contributed by atoms with Crippen LogP contribution in [-0.4, -0.2) is 28.5 Å². The van der Waals surface area contributed by atoms with E-state index in [1.54, 1.807) is 12.3 Å². The molecule has 2 aromatic heterocycles. The number of pyridine rings is 1. The summed E-state index contributed by atoms with van der Waals surface area (Å²) in [5.74, 6) is 0.866. The first-order valence-electron chi connectivity index (χ1n) is 10.6. The van der Waals surface area contributed by atoms with E-state index in [1.165, 1.54) is 25.9 Å². The minimum atomic E-state index is -0.117. The van der Waals surface area contributed by atoms with Crippen LogP contribution in [0.2, 0.25) is 0 Å². The van der Waals surface area contributed by atoms with Crippen LogP contribution in [0, 0.1) is 12.8 Å². The van der Waals surface area contributed by atoms with Gasteiger partial charge in [-0.25, -0.2) is 0 Å². The van der Waals surface area contributed by atoms with Crippen molar-refractivity contribution in [1.82, 2.24) is 20.2 Å². The molecule has 0 aliphatic carbocycles. The van der Waals surface area contributed by atoms with E-state index < -0.39 is 0 Å². The van der Waals surface area contributed by atoms with Crippen molar-refractivity contribution in [3.05, 3.63) is 59.5 Å². The molecule has 1 saturated heterocycles. The summed E-state index contributed by atoms with van der Waals surface area (Å²) < 4.78 is 1.86. The van der Waals surface area contributed by atoms with Gasteiger partial charge in [-0.05, 0) is 69.5 Å². The summed E-state index contributed by atoms with van der Waals surface area (Å²) in [7, 11) is 1.87. The highest BCUT2D eigenvalue weighted by Crippen LogP contribution is 2.24. The van der Waals surface area contributed by atoms with E-state index in [4.69, 9.17) is 0 Å². The van der Waals surface area contributed by atoms with Crippen LogP contribution in [0.1, 0.15) is 54.5 Å². The lowest BCUT2D eigenvalue weighted by Gasteiger charge is -2.17. The van der Waals surface area contributed by atoms with E-state index >= 15 is 0 Å². The number of carbonyl (C=O) groups is 1. The Morgan fingerprint density at radius 2 is 2.00 bits per heavy atom. The highest BCUT2D eigenvalue weighted by Gasteiger charge is 2.18. The van der Waals surface area contributed by atoms with Crippen LogP contribution in [-0.2, 0) is 7.05 Å². The van der Waals surface area contributed by atoms with Crippen molar-refractivity contribution in [2.45, 2.75) is 44.6 Å². The van der Waals surface area contributed by atoms with E-state index in [0.29, 0.717) is 5.69 Å². The van der Waals surface area contributed by atoms with Gasteiger partial charge in [0.05, 0.1) is 11.6 Å². The number of hydrogen-bond acceptors (Lipinski definition) is 4. The van der Waals surface area contributed by atoms with Gasteiger partial charge in [-0.3, -0.25) is 9.78 Å². The topological polar surface area (TPSA) is 59.0 Å². The van der Waals surface area contributed by atoms with Crippen molar-refractivity contribution in [3.63, 3.8) is 0 Å². The van der Waals surface area contributed by atoms with Crippen LogP contribution in [0.25, 0.3) is 10.9 Å². The summed E-state index contributed by atoms with van der Waals surface area (Å²) in [5.41, 5.74) is 3.57. The summed E-state index contributed by atoms with van der Waals surface area (Å²) in [5, 5.41) is 7.44. The summed E-state index contributed by atoms with van der Waals surface area (Å²) >= 11 is 4.38. The maximum absolute atomic E-state index is 12.6. The lowest BCUT2D eigenvalue weighted by Crippen LogP contribution is -2.28. The maximum atomic E-state index is 12.6. The molecular weight excluding hydrogens is 392 g/mol. The van der Waals surface area contributed by atoms with Crippen LogP contribution in [0.4, 0.5) is 0 Å². The van der Waals surface area contributed by atoms with Crippen molar-refractivity contribution >= 4 is 29.4 Å². The molecule has 6 heteroatoms. The fourth-order valence-electron chi connectivity index (χ4n) is 3.72. The number of piperidine rings is 1. The quantitative estimate of drug-likeness (QED) is 0.536. The molecule has 0 radical (unpaired) electrons. The highest BCUT2D eigenvalue weighted by atomic mass is 32.1. The number of aromatic nitrogens is 2. The van der Waals surface area contributed by atoms with Gasteiger partial charge >= 0.3 is 0 Å². The average molecular weight is 425 g/mol. The van der Waals surface area contributed by atoms with Crippen molar-refractivity contribution in [3.8, 4) is 0 Å². The molecule has 1 amide bonds. The third kappa shape index (κ3) is 5.24. The lowest BCUT2D eigenvalue weighted by atomic mass is 10.0. The number of carbonyl (C=O) groups excluding carboxylic acids is 1. The van der Waals surface area contributed by atoms with Gasteiger partial charge in [0, 0.05) is 29.2 Å². The molecule has 1 unspecified atom stereocenters. The first-order valence-corrected chi connectivity index (χ1v) is 11.0. The van der Waals surface area contributed by atoms with Crippen LogP contribution in [0.5, 0.6) is 0 Å². The summed E-state index contributed by atoms with van der Waals surface area (Å²) in [6.07, 6.45) is 4.52. The summed E-state index contributed by atoms with van der Waals surface area (Å²) in [6, 6.07) is 11.6. The number of hydrogen-bond donors (Lipinski definition) is 3. The molecule has 1 aromatic carbocycles. The van der Waals surface area contributed by atoms with Gasteiger partial charge in [-0.1, -0.05) is 25.1 Å². The smallest absolute Gasteiger partial charge is 0.268 e. The van der Waals surface area contributed by atoms with Crippen LogP contribution in [0.15, 0.2) is 47.5 Å². The van der Waals surface area contributed by atoms with E-state index in [9.17, 15) is 4.79 Å². The van der Waals surface area contributed by atoms with E-state index in [-0.39, 0.29) is 11.9 Å². The van der Waals surface area contributed by atoms with Gasteiger partial charge in [0.25, 0.3) is 5.91 Å². The number of nitrogens with one attached hydrogen (secondary N) is 2. The molecule has 1 aliphatic rings. The third-order valence-corrected chi connectivity index (χ3v) is 6.32. The molecule has 0 saturated carbocycles. The molecule has 2 N–H and O–H groups in total. The fourth-order valence-corrected chi connectivity index (χ4v) is 3.99. The molecular formula is C24H32N4OS. The van der Waals surface area contributed by atoms with Gasteiger partial charge < -0.3 is 15.2 Å². The van der Waals surface area contributed by atoms with Crippen LogP contribution < -0.4 is 10.6 Å². The predicted octanol–water partition coefficient (Wildman–Crippen LogP) is 4.67. The molecule has 1 atom stereocenters. The normalized spacial score (nSPS) is 15.4. The zero-order valence-corrected chi connectivity index (χ0v) is 19.2. The Balaban J connectivity index is 0.000000310. The van der Waals surface area contributed by atoms with Crippen molar-refractivity contribution in [2.75, 3.05) is 13.1 Å². The maximum Gasteiger partial charge on any atom is 0.268 e. The van der Waals surface area contributed by atoms with Gasteiger partial charge in [-0.2, -0.15) is 0 Å². The Hall–Kier alpha value is -2.31. The first-order chi connectivity index (χ1) is 14.4. The standard InChI is InChI=1S/C18H19N3OS.C6H13N/c1-11(13-6-4-8-15-14(13)7-5-9-19-15)20-18(22)16-10-17(23)12(2)21(16)3;1-6-2-4-7-5-3-6/h4-11,23H,1-3H3,(H,20,22);6-7H,2-5H2,1H3. The molecule has 3 heterocycles. The van der Waals surface area contributed by atoms with E-state index in [1.807, 2.05) is 55.8 Å². The third-order valence-electron chi connectivity index (χ3n) is 5.86. The molecule has 0 bridgehead atoms. The second-order valence-electron chi connectivity index (χ2n) is 8.10. The Kier molecular flexibility index (Phi) is 7.56. The Morgan fingerprint density at radius 3 is 2.60 bits per heavy atom. The summed E-state index contributed by atoms with van der Waals surface area (Å²) in [4.78, 5) is 17.8. The van der Waals surface area contributed by atoms with Crippen LogP contribution in [0.3, 0.4) is 0 Å². The molecule has 0 spiro atoms. The van der Waals surface area contributed by atoms with E-state index in [2.05, 4.69) is 35.2 Å². The Bertz CT molecular complexity index is 1000. The monoisotopic (exact) mass is 424 g/mol.